The van der Waals surface area contributed by atoms with Crippen LogP contribution in [0.2, 0.25) is 0 Å². The summed E-state index contributed by atoms with van der Waals surface area (Å²) in [7, 11) is 0. The first-order valence-electron chi connectivity index (χ1n) is 7.73. The predicted octanol–water partition coefficient (Wildman–Crippen LogP) is 3.44. The fourth-order valence-electron chi connectivity index (χ4n) is 2.94. The number of benzene rings is 1. The topological polar surface area (TPSA) is 55.6 Å². The second-order valence-corrected chi connectivity index (χ2v) is 7.13. The number of carbonyl (C=O) groups excluding carboxylic acids is 1. The molecule has 0 spiro atoms. The second-order valence-electron chi connectivity index (χ2n) is 7.13. The number of hydrogen-bond acceptors (Lipinski definition) is 3. The number of nitrogen functional groups attached to an aromatic ring is 1. The Labute approximate surface area is 126 Å². The zero-order chi connectivity index (χ0) is 15.2. The van der Waals surface area contributed by atoms with Crippen LogP contribution in [0.15, 0.2) is 12.1 Å². The lowest BCUT2D eigenvalue weighted by atomic mass is 9.93. The van der Waals surface area contributed by atoms with Crippen LogP contribution in [0.3, 0.4) is 0 Å². The molecule has 1 heterocycles. The van der Waals surface area contributed by atoms with Crippen molar-refractivity contribution >= 4 is 11.8 Å². The highest BCUT2D eigenvalue weighted by atomic mass is 16.6. The summed E-state index contributed by atoms with van der Waals surface area (Å²) in [5.74, 6) is 0.666. The van der Waals surface area contributed by atoms with Crippen LogP contribution in [0.25, 0.3) is 0 Å². The minimum atomic E-state index is -0.452. The van der Waals surface area contributed by atoms with E-state index in [1.807, 2.05) is 20.8 Å². The highest BCUT2D eigenvalue weighted by molar-refractivity contribution is 5.70. The molecule has 2 N–H and O–H groups in total. The zero-order valence-corrected chi connectivity index (χ0v) is 13.1. The van der Waals surface area contributed by atoms with Crippen LogP contribution in [0.1, 0.15) is 56.2 Å². The summed E-state index contributed by atoms with van der Waals surface area (Å²) in [5, 5.41) is 0. The molecule has 1 saturated carbocycles. The second kappa shape index (κ2) is 4.93. The molecule has 4 nitrogen and oxygen atoms in total. The van der Waals surface area contributed by atoms with Gasteiger partial charge in [-0.15, -0.1) is 0 Å². The monoisotopic (exact) mass is 288 g/mol. The summed E-state index contributed by atoms with van der Waals surface area (Å²) in [5.41, 5.74) is 10.5. The van der Waals surface area contributed by atoms with E-state index in [4.69, 9.17) is 10.5 Å². The van der Waals surface area contributed by atoms with E-state index in [0.29, 0.717) is 19.0 Å². The third-order valence-corrected chi connectivity index (χ3v) is 4.15. The van der Waals surface area contributed by atoms with Crippen LogP contribution in [0.4, 0.5) is 10.5 Å². The molecule has 1 aromatic rings. The third kappa shape index (κ3) is 2.99. The maximum atomic E-state index is 12.2. The first kappa shape index (κ1) is 14.2. The molecule has 3 rings (SSSR count). The number of nitrogens with zero attached hydrogens (tertiary/aromatic N) is 1. The molecule has 0 unspecified atom stereocenters. The molecule has 21 heavy (non-hydrogen) atoms. The molecular formula is C17H24N2O2. The number of rotatable bonds is 1. The molecule has 4 heteroatoms. The lowest BCUT2D eigenvalue weighted by Gasteiger charge is -2.32. The van der Waals surface area contributed by atoms with Gasteiger partial charge < -0.3 is 15.4 Å². The van der Waals surface area contributed by atoms with Crippen molar-refractivity contribution in [2.45, 2.75) is 58.1 Å². The molecule has 1 aliphatic heterocycles. The first-order valence-corrected chi connectivity index (χ1v) is 7.73. The van der Waals surface area contributed by atoms with Crippen LogP contribution in [0.5, 0.6) is 0 Å². The number of ether oxygens (including phenoxy) is 1. The van der Waals surface area contributed by atoms with Crippen LogP contribution >= 0.6 is 0 Å². The highest BCUT2D eigenvalue weighted by Gasteiger charge is 2.30. The van der Waals surface area contributed by atoms with Gasteiger partial charge in [0, 0.05) is 18.8 Å². The van der Waals surface area contributed by atoms with Crippen molar-refractivity contribution in [1.82, 2.24) is 4.90 Å². The van der Waals surface area contributed by atoms with Gasteiger partial charge in [0.15, 0.2) is 0 Å². The highest BCUT2D eigenvalue weighted by Crippen LogP contribution is 2.44. The average Bonchev–Trinajstić information content (AvgIpc) is 3.21. The Hall–Kier alpha value is -1.71. The number of amides is 1. The summed E-state index contributed by atoms with van der Waals surface area (Å²) in [6.45, 7) is 6.95. The Morgan fingerprint density at radius 3 is 2.67 bits per heavy atom. The van der Waals surface area contributed by atoms with Gasteiger partial charge in [-0.2, -0.15) is 0 Å². The van der Waals surface area contributed by atoms with Crippen LogP contribution < -0.4 is 5.73 Å². The zero-order valence-electron chi connectivity index (χ0n) is 13.1. The molecule has 1 amide bonds. The minimum absolute atomic E-state index is 0.238. The van der Waals surface area contributed by atoms with Crippen LogP contribution in [-0.2, 0) is 17.7 Å². The Morgan fingerprint density at radius 2 is 2.05 bits per heavy atom. The molecule has 1 aliphatic carbocycles. The Bertz CT molecular complexity index is 571. The first-order chi connectivity index (χ1) is 9.85. The summed E-state index contributed by atoms with van der Waals surface area (Å²) in [6.07, 6.45) is 3.10. The summed E-state index contributed by atoms with van der Waals surface area (Å²) < 4.78 is 5.45. The molecule has 0 radical (unpaired) electrons. The molecule has 0 saturated heterocycles. The van der Waals surface area contributed by atoms with Gasteiger partial charge in [0.2, 0.25) is 0 Å². The van der Waals surface area contributed by atoms with E-state index in [0.717, 1.165) is 17.7 Å². The standard InChI is InChI=1S/C17H24N2O2/c1-17(2,3)21-16(20)19-9-8-14-12(10-19)6-7-13(15(14)18)11-4-5-11/h6-7,11H,4-5,8-10,18H2,1-3H3. The van der Waals surface area contributed by atoms with Gasteiger partial charge >= 0.3 is 6.09 Å². The molecule has 114 valence electrons. The van der Waals surface area contributed by atoms with Crippen LogP contribution in [0, 0.1) is 0 Å². The minimum Gasteiger partial charge on any atom is -0.444 e. The molecular weight excluding hydrogens is 264 g/mol. The smallest absolute Gasteiger partial charge is 0.410 e. The van der Waals surface area contributed by atoms with E-state index in [-0.39, 0.29) is 6.09 Å². The van der Waals surface area contributed by atoms with Gasteiger partial charge in [-0.3, -0.25) is 0 Å². The van der Waals surface area contributed by atoms with Gasteiger partial charge in [0.1, 0.15) is 5.60 Å². The van der Waals surface area contributed by atoms with E-state index in [2.05, 4.69) is 12.1 Å². The number of anilines is 1. The van der Waals surface area contributed by atoms with Crippen molar-refractivity contribution in [2.24, 2.45) is 0 Å². The lowest BCUT2D eigenvalue weighted by molar-refractivity contribution is 0.0224. The van der Waals surface area contributed by atoms with Crippen molar-refractivity contribution < 1.29 is 9.53 Å². The lowest BCUT2D eigenvalue weighted by Crippen LogP contribution is -2.40. The molecule has 0 bridgehead atoms. The molecule has 0 atom stereocenters. The summed E-state index contributed by atoms with van der Waals surface area (Å²) >= 11 is 0. The maximum absolute atomic E-state index is 12.2. The third-order valence-electron chi connectivity index (χ3n) is 4.15. The van der Waals surface area contributed by atoms with Crippen molar-refractivity contribution in [2.75, 3.05) is 12.3 Å². The van der Waals surface area contributed by atoms with Crippen molar-refractivity contribution in [3.8, 4) is 0 Å². The number of hydrogen-bond donors (Lipinski definition) is 1. The fraction of sp³-hybridized carbons (Fsp3) is 0.588. The molecule has 0 aromatic heterocycles. The van der Waals surface area contributed by atoms with E-state index in [1.165, 1.54) is 24.0 Å². The fourth-order valence-corrected chi connectivity index (χ4v) is 2.94. The van der Waals surface area contributed by atoms with Gasteiger partial charge in [0.25, 0.3) is 0 Å². The molecule has 1 fully saturated rings. The Kier molecular flexibility index (Phi) is 3.34. The molecule has 2 aliphatic rings. The van der Waals surface area contributed by atoms with E-state index in [1.54, 1.807) is 4.90 Å². The number of fused-ring (bicyclic) bond motifs is 1. The molecule has 1 aromatic carbocycles. The van der Waals surface area contributed by atoms with Gasteiger partial charge in [0.05, 0.1) is 0 Å². The van der Waals surface area contributed by atoms with E-state index in [9.17, 15) is 4.79 Å². The summed E-state index contributed by atoms with van der Waals surface area (Å²) in [4.78, 5) is 13.9. The van der Waals surface area contributed by atoms with Crippen molar-refractivity contribution in [1.29, 1.82) is 0 Å². The maximum Gasteiger partial charge on any atom is 0.410 e. The SMILES string of the molecule is CC(C)(C)OC(=O)N1CCc2c(ccc(C3CC3)c2N)C1. The van der Waals surface area contributed by atoms with Gasteiger partial charge in [-0.25, -0.2) is 4.79 Å². The van der Waals surface area contributed by atoms with Gasteiger partial charge in [-0.05, 0) is 62.6 Å². The summed E-state index contributed by atoms with van der Waals surface area (Å²) in [6, 6.07) is 4.28. The number of nitrogens with two attached hydrogens (primary N) is 1. The average molecular weight is 288 g/mol. The largest absolute Gasteiger partial charge is 0.444 e. The van der Waals surface area contributed by atoms with E-state index < -0.39 is 5.60 Å². The normalized spacial score (nSPS) is 18.3. The van der Waals surface area contributed by atoms with Crippen LogP contribution in [-0.4, -0.2) is 23.1 Å². The quantitative estimate of drug-likeness (QED) is 0.805. The number of carbonyl (C=O) groups is 1. The predicted molar refractivity (Wildman–Crippen MR) is 83.2 cm³/mol. The van der Waals surface area contributed by atoms with Gasteiger partial charge in [-0.1, -0.05) is 12.1 Å². The van der Waals surface area contributed by atoms with Crippen molar-refractivity contribution in [3.63, 3.8) is 0 Å². The Balaban J connectivity index is 1.77. The van der Waals surface area contributed by atoms with E-state index >= 15 is 0 Å². The van der Waals surface area contributed by atoms with Crippen molar-refractivity contribution in [3.05, 3.63) is 28.8 Å². The Morgan fingerprint density at radius 1 is 1.33 bits per heavy atom.